The fraction of sp³-hybridized carbons (Fsp3) is 0.467. The van der Waals surface area contributed by atoms with Gasteiger partial charge in [0, 0.05) is 0 Å². The van der Waals surface area contributed by atoms with Gasteiger partial charge in [0.1, 0.15) is 0 Å². The molecule has 1 aromatic rings. The minimum Gasteiger partial charge on any atom is -0.392 e. The molecule has 170 valence electrons. The van der Waals surface area contributed by atoms with Crippen LogP contribution in [0.1, 0.15) is 91.0 Å². The van der Waals surface area contributed by atoms with Crippen LogP contribution in [0.4, 0.5) is 0 Å². The average molecular weight is 421 g/mol. The van der Waals surface area contributed by atoms with Crippen LogP contribution in [-0.4, -0.2) is 11.7 Å². The van der Waals surface area contributed by atoms with Crippen LogP contribution in [0.2, 0.25) is 0 Å². The summed E-state index contributed by atoms with van der Waals surface area (Å²) in [5.41, 5.74) is 6.86. The number of hydrogen-bond donors (Lipinski definition) is 1. The van der Waals surface area contributed by atoms with Crippen molar-refractivity contribution in [3.63, 3.8) is 0 Å². The van der Waals surface area contributed by atoms with Gasteiger partial charge in [0.25, 0.3) is 0 Å². The van der Waals surface area contributed by atoms with Crippen molar-refractivity contribution in [3.05, 3.63) is 88.6 Å². The molecule has 0 saturated carbocycles. The Balaban J connectivity index is 2.66. The molecule has 1 heteroatoms. The molecule has 0 atom stereocenters. The zero-order valence-electron chi connectivity index (χ0n) is 20.4. The van der Waals surface area contributed by atoms with Gasteiger partial charge in [-0.3, -0.25) is 0 Å². The zero-order valence-corrected chi connectivity index (χ0v) is 20.4. The van der Waals surface area contributed by atoms with E-state index >= 15 is 0 Å². The Morgan fingerprint density at radius 2 is 1.48 bits per heavy atom. The molecule has 0 radical (unpaired) electrons. The lowest BCUT2D eigenvalue weighted by atomic mass is 9.97. The molecule has 0 aliphatic heterocycles. The summed E-state index contributed by atoms with van der Waals surface area (Å²) < 4.78 is 0. The SMILES string of the molecule is CCCCCCC(=CC=Cc1ccccc1)C(C)=CCCC(C)=CCCC(C)=CCO. The summed E-state index contributed by atoms with van der Waals surface area (Å²) in [6.07, 6.45) is 24.0. The highest BCUT2D eigenvalue weighted by Gasteiger charge is 2.00. The van der Waals surface area contributed by atoms with Crippen LogP contribution in [0, 0.1) is 0 Å². The molecule has 0 unspecified atom stereocenters. The van der Waals surface area contributed by atoms with Crippen molar-refractivity contribution < 1.29 is 5.11 Å². The predicted molar refractivity (Wildman–Crippen MR) is 139 cm³/mol. The second-order valence-electron chi connectivity index (χ2n) is 8.52. The van der Waals surface area contributed by atoms with Gasteiger partial charge in [-0.1, -0.05) is 110 Å². The summed E-state index contributed by atoms with van der Waals surface area (Å²) in [4.78, 5) is 0. The van der Waals surface area contributed by atoms with Crippen molar-refractivity contribution in [3.8, 4) is 0 Å². The maximum Gasteiger partial charge on any atom is 0.0614 e. The monoisotopic (exact) mass is 420 g/mol. The smallest absolute Gasteiger partial charge is 0.0614 e. The van der Waals surface area contributed by atoms with Gasteiger partial charge in [-0.05, 0) is 70.4 Å². The third kappa shape index (κ3) is 13.7. The molecular formula is C30H44O. The first-order valence-electron chi connectivity index (χ1n) is 12.1. The van der Waals surface area contributed by atoms with Gasteiger partial charge in [-0.25, -0.2) is 0 Å². The van der Waals surface area contributed by atoms with Crippen LogP contribution in [0.5, 0.6) is 0 Å². The Morgan fingerprint density at radius 3 is 2.16 bits per heavy atom. The van der Waals surface area contributed by atoms with Crippen LogP contribution < -0.4 is 0 Å². The fourth-order valence-corrected chi connectivity index (χ4v) is 3.55. The topological polar surface area (TPSA) is 20.2 Å². The molecule has 0 spiro atoms. The van der Waals surface area contributed by atoms with Gasteiger partial charge < -0.3 is 5.11 Å². The summed E-state index contributed by atoms with van der Waals surface area (Å²) in [7, 11) is 0. The number of unbranched alkanes of at least 4 members (excludes halogenated alkanes) is 3. The summed E-state index contributed by atoms with van der Waals surface area (Å²) in [6.45, 7) is 9.01. The molecule has 1 N–H and O–H groups in total. The molecule has 0 fully saturated rings. The molecule has 0 heterocycles. The van der Waals surface area contributed by atoms with Gasteiger partial charge in [0.15, 0.2) is 0 Å². The highest BCUT2D eigenvalue weighted by Crippen LogP contribution is 2.20. The van der Waals surface area contributed by atoms with Gasteiger partial charge in [-0.15, -0.1) is 0 Å². The van der Waals surface area contributed by atoms with Crippen molar-refractivity contribution in [1.29, 1.82) is 0 Å². The maximum atomic E-state index is 8.94. The molecule has 0 aliphatic carbocycles. The third-order valence-electron chi connectivity index (χ3n) is 5.65. The lowest BCUT2D eigenvalue weighted by molar-refractivity contribution is 0.341. The summed E-state index contributed by atoms with van der Waals surface area (Å²) in [5, 5.41) is 8.94. The van der Waals surface area contributed by atoms with E-state index < -0.39 is 0 Å². The summed E-state index contributed by atoms with van der Waals surface area (Å²) in [5.74, 6) is 0. The van der Waals surface area contributed by atoms with E-state index in [1.165, 1.54) is 53.5 Å². The second kappa shape index (κ2) is 17.5. The van der Waals surface area contributed by atoms with Crippen molar-refractivity contribution in [2.75, 3.05) is 6.61 Å². The zero-order chi connectivity index (χ0) is 22.7. The van der Waals surface area contributed by atoms with Crippen LogP contribution >= 0.6 is 0 Å². The van der Waals surface area contributed by atoms with Crippen molar-refractivity contribution in [1.82, 2.24) is 0 Å². The first-order chi connectivity index (χ1) is 15.1. The first kappa shape index (κ1) is 26.9. The average Bonchev–Trinajstić information content (AvgIpc) is 2.76. The molecular weight excluding hydrogens is 376 g/mol. The Kier molecular flexibility index (Phi) is 15.2. The third-order valence-corrected chi connectivity index (χ3v) is 5.65. The van der Waals surface area contributed by atoms with E-state index in [9.17, 15) is 0 Å². The van der Waals surface area contributed by atoms with Gasteiger partial charge in [0.2, 0.25) is 0 Å². The standard InChI is InChI=1S/C30H44O/c1-5-6-7-11-22-30(23-14-21-29-19-9-8-10-20-29)28(4)18-13-17-26(2)15-12-16-27(3)24-25-31/h8-10,14-15,18-21,23-24,31H,5-7,11-13,16-17,22,25H2,1-4H3. The predicted octanol–water partition coefficient (Wildman–Crippen LogP) is 8.99. The van der Waals surface area contributed by atoms with E-state index in [4.69, 9.17) is 5.11 Å². The lowest BCUT2D eigenvalue weighted by Crippen LogP contribution is -1.89. The fourth-order valence-electron chi connectivity index (χ4n) is 3.55. The number of hydrogen-bond acceptors (Lipinski definition) is 1. The molecule has 1 nitrogen and oxygen atoms in total. The highest BCUT2D eigenvalue weighted by molar-refractivity contribution is 5.51. The molecule has 0 aromatic heterocycles. The molecule has 1 rings (SSSR count). The van der Waals surface area contributed by atoms with E-state index in [0.29, 0.717) is 0 Å². The Labute approximate surface area is 192 Å². The second-order valence-corrected chi connectivity index (χ2v) is 8.52. The van der Waals surface area contributed by atoms with Crippen molar-refractivity contribution in [2.24, 2.45) is 0 Å². The van der Waals surface area contributed by atoms with E-state index in [0.717, 1.165) is 32.1 Å². The van der Waals surface area contributed by atoms with E-state index in [1.54, 1.807) is 0 Å². The Morgan fingerprint density at radius 1 is 0.806 bits per heavy atom. The molecule has 31 heavy (non-hydrogen) atoms. The molecule has 0 bridgehead atoms. The number of aliphatic hydroxyl groups excluding tert-OH is 1. The quantitative estimate of drug-likeness (QED) is 0.170. The number of rotatable bonds is 15. The number of aliphatic hydroxyl groups is 1. The van der Waals surface area contributed by atoms with Crippen LogP contribution in [0.25, 0.3) is 6.08 Å². The molecule has 1 aromatic carbocycles. The number of benzene rings is 1. The normalized spacial score (nSPS) is 14.0. The molecule has 0 amide bonds. The summed E-state index contributed by atoms with van der Waals surface area (Å²) in [6, 6.07) is 10.5. The minimum absolute atomic E-state index is 0.146. The minimum atomic E-state index is 0.146. The van der Waals surface area contributed by atoms with Crippen molar-refractivity contribution in [2.45, 2.75) is 85.5 Å². The van der Waals surface area contributed by atoms with E-state index in [2.05, 4.69) is 88.4 Å². The molecule has 0 aliphatic rings. The number of allylic oxidation sites excluding steroid dienone is 8. The maximum absolute atomic E-state index is 8.94. The van der Waals surface area contributed by atoms with Crippen LogP contribution in [-0.2, 0) is 0 Å². The first-order valence-corrected chi connectivity index (χ1v) is 12.1. The Bertz CT molecular complexity index is 744. The van der Waals surface area contributed by atoms with E-state index in [-0.39, 0.29) is 6.61 Å². The molecule has 0 saturated heterocycles. The summed E-state index contributed by atoms with van der Waals surface area (Å²) >= 11 is 0. The van der Waals surface area contributed by atoms with Gasteiger partial charge >= 0.3 is 0 Å². The van der Waals surface area contributed by atoms with Crippen molar-refractivity contribution >= 4 is 6.08 Å². The largest absolute Gasteiger partial charge is 0.392 e. The van der Waals surface area contributed by atoms with Gasteiger partial charge in [0.05, 0.1) is 6.61 Å². The Hall–Kier alpha value is -2.12. The van der Waals surface area contributed by atoms with Crippen LogP contribution in [0.15, 0.2) is 83.0 Å². The lowest BCUT2D eigenvalue weighted by Gasteiger charge is -2.08. The van der Waals surface area contributed by atoms with Gasteiger partial charge in [-0.2, -0.15) is 0 Å². The van der Waals surface area contributed by atoms with Crippen LogP contribution in [0.3, 0.4) is 0 Å². The van der Waals surface area contributed by atoms with E-state index in [1.807, 2.05) is 6.08 Å². The highest BCUT2D eigenvalue weighted by atomic mass is 16.2.